The molecule has 0 aliphatic carbocycles. The Kier molecular flexibility index (Phi) is 6.59. The first kappa shape index (κ1) is 20.5. The number of hydrogen-bond donors (Lipinski definition) is 1. The second kappa shape index (κ2) is 9.32. The maximum Gasteiger partial charge on any atom is 0.287 e. The molecule has 154 valence electrons. The Labute approximate surface area is 170 Å². The van der Waals surface area contributed by atoms with Gasteiger partial charge in [-0.3, -0.25) is 9.48 Å². The normalized spacial score (nSPS) is 11.9. The summed E-state index contributed by atoms with van der Waals surface area (Å²) >= 11 is 0. The maximum atomic E-state index is 12.5. The van der Waals surface area contributed by atoms with Crippen LogP contribution < -0.4 is 14.8 Å². The van der Waals surface area contributed by atoms with Crippen molar-refractivity contribution < 1.29 is 18.7 Å². The molecular weight excluding hydrogens is 370 g/mol. The van der Waals surface area contributed by atoms with Gasteiger partial charge in [0.15, 0.2) is 5.76 Å². The molecule has 1 atom stereocenters. The highest BCUT2D eigenvalue weighted by Crippen LogP contribution is 2.20. The fourth-order valence-corrected chi connectivity index (χ4v) is 3.00. The van der Waals surface area contributed by atoms with E-state index in [1.807, 2.05) is 62.8 Å². The lowest BCUT2D eigenvalue weighted by atomic mass is 10.1. The minimum absolute atomic E-state index is 0.170. The zero-order valence-electron chi connectivity index (χ0n) is 17.3. The summed E-state index contributed by atoms with van der Waals surface area (Å²) in [6, 6.07) is 10.6. The molecule has 3 rings (SSSR count). The van der Waals surface area contributed by atoms with E-state index in [1.54, 1.807) is 12.1 Å². The van der Waals surface area contributed by atoms with E-state index in [0.29, 0.717) is 18.1 Å². The molecule has 0 aliphatic rings. The van der Waals surface area contributed by atoms with E-state index in [-0.39, 0.29) is 24.3 Å². The summed E-state index contributed by atoms with van der Waals surface area (Å²) in [6.45, 7) is 9.48. The summed E-state index contributed by atoms with van der Waals surface area (Å²) in [4.78, 5) is 12.5. The molecule has 0 bridgehead atoms. The minimum atomic E-state index is -0.270. The molecular formula is C22H27N3O4. The van der Waals surface area contributed by atoms with Gasteiger partial charge >= 0.3 is 0 Å². The predicted molar refractivity (Wildman–Crippen MR) is 109 cm³/mol. The van der Waals surface area contributed by atoms with Crippen LogP contribution >= 0.6 is 0 Å². The summed E-state index contributed by atoms with van der Waals surface area (Å²) in [7, 11) is 0. The molecule has 3 aromatic rings. The molecule has 29 heavy (non-hydrogen) atoms. The first-order chi connectivity index (χ1) is 14.0. The van der Waals surface area contributed by atoms with Gasteiger partial charge in [-0.2, -0.15) is 5.10 Å². The van der Waals surface area contributed by atoms with Crippen molar-refractivity contribution in [2.24, 2.45) is 0 Å². The highest BCUT2D eigenvalue weighted by molar-refractivity contribution is 5.91. The second-order valence-corrected chi connectivity index (χ2v) is 6.68. The summed E-state index contributed by atoms with van der Waals surface area (Å²) in [6.07, 6.45) is 1.96. The van der Waals surface area contributed by atoms with Gasteiger partial charge in [-0.15, -0.1) is 0 Å². The molecule has 1 aromatic carbocycles. The summed E-state index contributed by atoms with van der Waals surface area (Å²) in [5, 5.41) is 7.38. The van der Waals surface area contributed by atoms with Crippen LogP contribution in [0.2, 0.25) is 0 Å². The lowest BCUT2D eigenvalue weighted by molar-refractivity contribution is 0.0907. The number of benzene rings is 1. The molecule has 0 saturated carbocycles. The molecule has 7 heteroatoms. The van der Waals surface area contributed by atoms with Gasteiger partial charge in [0, 0.05) is 18.3 Å². The first-order valence-corrected chi connectivity index (χ1v) is 9.79. The standard InChI is InChI=1S/C22H27N3O4/c1-5-25-13-20(16(4)24-25)15(3)23-22(26)21-12-11-19(29-21)14-28-18-9-7-17(8-10-18)27-6-2/h7-13,15H,5-6,14H2,1-4H3,(H,23,26). The Morgan fingerprint density at radius 1 is 1.14 bits per heavy atom. The van der Waals surface area contributed by atoms with E-state index in [9.17, 15) is 4.79 Å². The number of furan rings is 1. The Morgan fingerprint density at radius 3 is 2.45 bits per heavy atom. The average Bonchev–Trinajstić information content (AvgIpc) is 3.34. The third kappa shape index (κ3) is 5.19. The Bertz CT molecular complexity index is 943. The van der Waals surface area contributed by atoms with Crippen molar-refractivity contribution in [3.05, 3.63) is 65.4 Å². The third-order valence-corrected chi connectivity index (χ3v) is 4.52. The molecule has 0 spiro atoms. The Hall–Kier alpha value is -3.22. The van der Waals surface area contributed by atoms with Crippen molar-refractivity contribution in [2.45, 2.75) is 46.9 Å². The van der Waals surface area contributed by atoms with E-state index < -0.39 is 0 Å². The lowest BCUT2D eigenvalue weighted by Crippen LogP contribution is -2.26. The number of amides is 1. The number of nitrogens with zero attached hydrogens (tertiary/aromatic N) is 2. The number of carbonyl (C=O) groups is 1. The fourth-order valence-electron chi connectivity index (χ4n) is 3.00. The predicted octanol–water partition coefficient (Wildman–Crippen LogP) is 4.27. The largest absolute Gasteiger partial charge is 0.494 e. The number of aryl methyl sites for hydroxylation is 2. The first-order valence-electron chi connectivity index (χ1n) is 9.79. The van der Waals surface area contributed by atoms with Crippen molar-refractivity contribution in [1.82, 2.24) is 15.1 Å². The van der Waals surface area contributed by atoms with Gasteiger partial charge in [0.2, 0.25) is 0 Å². The van der Waals surface area contributed by atoms with Gasteiger partial charge < -0.3 is 19.2 Å². The van der Waals surface area contributed by atoms with Crippen LogP contribution in [-0.2, 0) is 13.2 Å². The van der Waals surface area contributed by atoms with Crippen LogP contribution in [0.25, 0.3) is 0 Å². The Morgan fingerprint density at radius 2 is 1.83 bits per heavy atom. The van der Waals surface area contributed by atoms with Crippen LogP contribution in [0.15, 0.2) is 47.0 Å². The fraction of sp³-hybridized carbons (Fsp3) is 0.364. The molecule has 1 amide bonds. The quantitative estimate of drug-likeness (QED) is 0.583. The molecule has 0 fully saturated rings. The highest BCUT2D eigenvalue weighted by Gasteiger charge is 2.18. The van der Waals surface area contributed by atoms with Crippen LogP contribution in [0.3, 0.4) is 0 Å². The summed E-state index contributed by atoms with van der Waals surface area (Å²) in [5.74, 6) is 2.06. The molecule has 2 aromatic heterocycles. The number of hydrogen-bond acceptors (Lipinski definition) is 5. The minimum Gasteiger partial charge on any atom is -0.494 e. The second-order valence-electron chi connectivity index (χ2n) is 6.68. The van der Waals surface area contributed by atoms with Crippen LogP contribution in [0.1, 0.15) is 54.4 Å². The summed E-state index contributed by atoms with van der Waals surface area (Å²) in [5.41, 5.74) is 1.90. The topological polar surface area (TPSA) is 78.5 Å². The third-order valence-electron chi connectivity index (χ3n) is 4.52. The number of ether oxygens (including phenoxy) is 2. The number of carbonyl (C=O) groups excluding carboxylic acids is 1. The molecule has 0 saturated heterocycles. The van der Waals surface area contributed by atoms with Crippen LogP contribution in [0.5, 0.6) is 11.5 Å². The van der Waals surface area contributed by atoms with Gasteiger partial charge in [0.25, 0.3) is 5.91 Å². The lowest BCUT2D eigenvalue weighted by Gasteiger charge is -2.12. The molecule has 0 aliphatic heterocycles. The van der Waals surface area contributed by atoms with Gasteiger partial charge in [-0.1, -0.05) is 0 Å². The Balaban J connectivity index is 1.55. The zero-order chi connectivity index (χ0) is 20.8. The zero-order valence-corrected chi connectivity index (χ0v) is 17.3. The van der Waals surface area contributed by atoms with Crippen molar-refractivity contribution >= 4 is 5.91 Å². The van der Waals surface area contributed by atoms with Gasteiger partial charge in [-0.05, 0) is 64.1 Å². The molecule has 2 heterocycles. The van der Waals surface area contributed by atoms with Crippen molar-refractivity contribution in [3.8, 4) is 11.5 Å². The van der Waals surface area contributed by atoms with E-state index in [4.69, 9.17) is 13.9 Å². The van der Waals surface area contributed by atoms with Gasteiger partial charge in [-0.25, -0.2) is 0 Å². The molecule has 7 nitrogen and oxygen atoms in total. The van der Waals surface area contributed by atoms with E-state index in [0.717, 1.165) is 23.6 Å². The van der Waals surface area contributed by atoms with Crippen LogP contribution in [0, 0.1) is 6.92 Å². The number of aromatic nitrogens is 2. The van der Waals surface area contributed by atoms with Crippen LogP contribution in [0.4, 0.5) is 0 Å². The van der Waals surface area contributed by atoms with E-state index in [2.05, 4.69) is 10.4 Å². The number of rotatable bonds is 9. The van der Waals surface area contributed by atoms with Gasteiger partial charge in [0.1, 0.15) is 23.9 Å². The molecule has 0 radical (unpaired) electrons. The van der Waals surface area contributed by atoms with Crippen molar-refractivity contribution in [2.75, 3.05) is 6.61 Å². The monoisotopic (exact) mass is 397 g/mol. The summed E-state index contributed by atoms with van der Waals surface area (Å²) < 4.78 is 18.6. The van der Waals surface area contributed by atoms with Crippen LogP contribution in [-0.4, -0.2) is 22.3 Å². The average molecular weight is 397 g/mol. The highest BCUT2D eigenvalue weighted by atomic mass is 16.5. The van der Waals surface area contributed by atoms with E-state index in [1.165, 1.54) is 0 Å². The van der Waals surface area contributed by atoms with E-state index >= 15 is 0 Å². The van der Waals surface area contributed by atoms with Crippen molar-refractivity contribution in [3.63, 3.8) is 0 Å². The smallest absolute Gasteiger partial charge is 0.287 e. The van der Waals surface area contributed by atoms with Gasteiger partial charge in [0.05, 0.1) is 18.3 Å². The molecule has 1 unspecified atom stereocenters. The SMILES string of the molecule is CCOc1ccc(OCc2ccc(C(=O)NC(C)c3cn(CC)nc3C)o2)cc1. The molecule has 1 N–H and O–H groups in total. The maximum absolute atomic E-state index is 12.5. The number of nitrogens with one attached hydrogen (secondary N) is 1. The van der Waals surface area contributed by atoms with Crippen molar-refractivity contribution in [1.29, 1.82) is 0 Å².